The molecule has 1 atom stereocenters. The molecule has 234 valence electrons. The van der Waals surface area contributed by atoms with Crippen LogP contribution in [-0.2, 0) is 9.53 Å². The predicted octanol–water partition coefficient (Wildman–Crippen LogP) is 13.4. The van der Waals surface area contributed by atoms with E-state index in [9.17, 15) is 4.79 Å². The molecule has 1 unspecified atom stereocenters. The van der Waals surface area contributed by atoms with E-state index in [2.05, 4.69) is 20.8 Å². The molecule has 0 saturated heterocycles. The fourth-order valence-corrected chi connectivity index (χ4v) is 5.79. The number of ether oxygens (including phenoxy) is 1. The van der Waals surface area contributed by atoms with Crippen LogP contribution in [0.15, 0.2) is 0 Å². The van der Waals surface area contributed by atoms with Gasteiger partial charge in [-0.2, -0.15) is 0 Å². The molecule has 0 fully saturated rings. The summed E-state index contributed by atoms with van der Waals surface area (Å²) < 4.78 is 5.65. The van der Waals surface area contributed by atoms with Gasteiger partial charge in [-0.3, -0.25) is 4.79 Å². The molecular weight excluding hydrogens is 476 g/mol. The lowest BCUT2D eigenvalue weighted by atomic mass is 10.0. The minimum absolute atomic E-state index is 0.0255. The topological polar surface area (TPSA) is 26.3 Å². The quantitative estimate of drug-likeness (QED) is 0.0600. The lowest BCUT2D eigenvalue weighted by molar-refractivity contribution is -0.148. The minimum atomic E-state index is 0.0255. The molecule has 0 aromatic carbocycles. The SMILES string of the molecule is CCCCCCCCCCCCCCCCCCCC(C)OC(=O)CCCCCCCCCCCCCCC. The lowest BCUT2D eigenvalue weighted by Crippen LogP contribution is -2.14. The van der Waals surface area contributed by atoms with Gasteiger partial charge in [-0.1, -0.05) is 194 Å². The third-order valence-electron chi connectivity index (χ3n) is 8.53. The second kappa shape index (κ2) is 33.7. The summed E-state index contributed by atoms with van der Waals surface area (Å²) in [5.41, 5.74) is 0. The molecular formula is C37H74O2. The van der Waals surface area contributed by atoms with E-state index in [-0.39, 0.29) is 12.1 Å². The molecule has 0 saturated carbocycles. The summed E-state index contributed by atoms with van der Waals surface area (Å²) in [6, 6.07) is 0. The first kappa shape index (κ1) is 38.5. The predicted molar refractivity (Wildman–Crippen MR) is 175 cm³/mol. The second-order valence-electron chi connectivity index (χ2n) is 12.7. The van der Waals surface area contributed by atoms with Crippen molar-refractivity contribution in [2.45, 2.75) is 232 Å². The molecule has 0 bridgehead atoms. The van der Waals surface area contributed by atoms with Crippen molar-refractivity contribution < 1.29 is 9.53 Å². The van der Waals surface area contributed by atoms with Crippen molar-refractivity contribution in [3.05, 3.63) is 0 Å². The number of rotatable bonds is 33. The van der Waals surface area contributed by atoms with Crippen LogP contribution in [0.3, 0.4) is 0 Å². The molecule has 0 radical (unpaired) electrons. The Balaban J connectivity index is 3.26. The smallest absolute Gasteiger partial charge is 0.306 e. The molecule has 0 heterocycles. The van der Waals surface area contributed by atoms with Crippen molar-refractivity contribution in [1.82, 2.24) is 0 Å². The van der Waals surface area contributed by atoms with E-state index in [1.54, 1.807) is 0 Å². The number of unbranched alkanes of at least 4 members (excludes halogenated alkanes) is 28. The highest BCUT2D eigenvalue weighted by atomic mass is 16.5. The summed E-state index contributed by atoms with van der Waals surface area (Å²) in [5, 5.41) is 0. The molecule has 39 heavy (non-hydrogen) atoms. The Morgan fingerprint density at radius 3 is 0.974 bits per heavy atom. The van der Waals surface area contributed by atoms with Gasteiger partial charge in [-0.15, -0.1) is 0 Å². The largest absolute Gasteiger partial charge is 0.463 e. The molecule has 0 aliphatic carbocycles. The fourth-order valence-electron chi connectivity index (χ4n) is 5.79. The van der Waals surface area contributed by atoms with Crippen LogP contribution in [-0.4, -0.2) is 12.1 Å². The van der Waals surface area contributed by atoms with Gasteiger partial charge in [-0.05, 0) is 26.2 Å². The summed E-state index contributed by atoms with van der Waals surface area (Å²) in [6.07, 6.45) is 43.1. The first-order valence-electron chi connectivity index (χ1n) is 18.4. The number of carbonyl (C=O) groups excluding carboxylic acids is 1. The van der Waals surface area contributed by atoms with Gasteiger partial charge in [0.2, 0.25) is 0 Å². The molecule has 0 aromatic heterocycles. The van der Waals surface area contributed by atoms with Crippen LogP contribution in [0, 0.1) is 0 Å². The summed E-state index contributed by atoms with van der Waals surface area (Å²) in [7, 11) is 0. The Labute approximate surface area is 247 Å². The normalized spacial score (nSPS) is 12.2. The highest BCUT2D eigenvalue weighted by molar-refractivity contribution is 5.69. The van der Waals surface area contributed by atoms with Crippen molar-refractivity contribution in [3.63, 3.8) is 0 Å². The van der Waals surface area contributed by atoms with Crippen LogP contribution in [0.1, 0.15) is 226 Å². The van der Waals surface area contributed by atoms with Crippen LogP contribution in [0.25, 0.3) is 0 Å². The number of hydrogen-bond acceptors (Lipinski definition) is 2. The summed E-state index contributed by atoms with van der Waals surface area (Å²) >= 11 is 0. The third-order valence-corrected chi connectivity index (χ3v) is 8.53. The molecule has 0 N–H and O–H groups in total. The van der Waals surface area contributed by atoms with Crippen LogP contribution in [0.5, 0.6) is 0 Å². The van der Waals surface area contributed by atoms with Gasteiger partial charge in [0.1, 0.15) is 0 Å². The van der Waals surface area contributed by atoms with Crippen molar-refractivity contribution in [1.29, 1.82) is 0 Å². The molecule has 0 amide bonds. The summed E-state index contributed by atoms with van der Waals surface area (Å²) in [5.74, 6) is 0.0255. The zero-order valence-electron chi connectivity index (χ0n) is 27.5. The van der Waals surface area contributed by atoms with Gasteiger partial charge >= 0.3 is 5.97 Å². The van der Waals surface area contributed by atoms with E-state index in [0.29, 0.717) is 6.42 Å². The second-order valence-corrected chi connectivity index (χ2v) is 12.7. The van der Waals surface area contributed by atoms with Crippen LogP contribution in [0.2, 0.25) is 0 Å². The van der Waals surface area contributed by atoms with E-state index in [1.165, 1.54) is 186 Å². The maximum atomic E-state index is 12.1. The lowest BCUT2D eigenvalue weighted by Gasteiger charge is -2.13. The minimum Gasteiger partial charge on any atom is -0.463 e. The van der Waals surface area contributed by atoms with Gasteiger partial charge < -0.3 is 4.74 Å². The van der Waals surface area contributed by atoms with Crippen molar-refractivity contribution in [2.75, 3.05) is 0 Å². The zero-order valence-corrected chi connectivity index (χ0v) is 27.5. The Morgan fingerprint density at radius 1 is 0.410 bits per heavy atom. The molecule has 2 nitrogen and oxygen atoms in total. The number of carbonyl (C=O) groups is 1. The summed E-state index contributed by atoms with van der Waals surface area (Å²) in [6.45, 7) is 6.66. The van der Waals surface area contributed by atoms with E-state index < -0.39 is 0 Å². The molecule has 0 aromatic rings. The van der Waals surface area contributed by atoms with E-state index in [1.807, 2.05) is 0 Å². The number of esters is 1. The van der Waals surface area contributed by atoms with Gasteiger partial charge in [0.05, 0.1) is 6.10 Å². The summed E-state index contributed by atoms with van der Waals surface area (Å²) in [4.78, 5) is 12.1. The van der Waals surface area contributed by atoms with Gasteiger partial charge in [0, 0.05) is 6.42 Å². The molecule has 0 aliphatic heterocycles. The van der Waals surface area contributed by atoms with E-state index in [4.69, 9.17) is 4.74 Å². The highest BCUT2D eigenvalue weighted by Crippen LogP contribution is 2.16. The molecule has 0 aliphatic rings. The Hall–Kier alpha value is -0.530. The average molecular weight is 551 g/mol. The Morgan fingerprint density at radius 2 is 0.667 bits per heavy atom. The first-order valence-corrected chi connectivity index (χ1v) is 18.4. The molecule has 2 heteroatoms. The Bertz CT molecular complexity index is 460. The van der Waals surface area contributed by atoms with Gasteiger partial charge in [-0.25, -0.2) is 0 Å². The van der Waals surface area contributed by atoms with E-state index in [0.717, 1.165) is 12.8 Å². The molecule has 0 spiro atoms. The van der Waals surface area contributed by atoms with Crippen LogP contribution in [0.4, 0.5) is 0 Å². The molecule has 0 rings (SSSR count). The third kappa shape index (κ3) is 33.6. The Kier molecular flexibility index (Phi) is 33.2. The fraction of sp³-hybridized carbons (Fsp3) is 0.973. The van der Waals surface area contributed by atoms with Crippen molar-refractivity contribution >= 4 is 5.97 Å². The standard InChI is InChI=1S/C37H74O2/c1-4-6-8-10-12-14-16-18-19-20-21-23-24-26-28-30-32-34-36(3)39-37(38)35-33-31-29-27-25-22-17-15-13-11-9-7-5-2/h36H,4-35H2,1-3H3. The van der Waals surface area contributed by atoms with Crippen LogP contribution >= 0.6 is 0 Å². The maximum Gasteiger partial charge on any atom is 0.306 e. The number of hydrogen-bond donors (Lipinski definition) is 0. The van der Waals surface area contributed by atoms with Crippen molar-refractivity contribution in [3.8, 4) is 0 Å². The first-order chi connectivity index (χ1) is 19.2. The van der Waals surface area contributed by atoms with Gasteiger partial charge in [0.25, 0.3) is 0 Å². The van der Waals surface area contributed by atoms with Crippen LogP contribution < -0.4 is 0 Å². The highest BCUT2D eigenvalue weighted by Gasteiger charge is 2.09. The zero-order chi connectivity index (χ0) is 28.5. The van der Waals surface area contributed by atoms with Crippen molar-refractivity contribution in [2.24, 2.45) is 0 Å². The maximum absolute atomic E-state index is 12.1. The van der Waals surface area contributed by atoms with Gasteiger partial charge in [0.15, 0.2) is 0 Å². The monoisotopic (exact) mass is 551 g/mol. The van der Waals surface area contributed by atoms with E-state index >= 15 is 0 Å². The average Bonchev–Trinajstić information content (AvgIpc) is 2.93.